The second kappa shape index (κ2) is 2.54. The maximum absolute atomic E-state index is 12.0. The predicted molar refractivity (Wildman–Crippen MR) is 36.1 cm³/mol. The topological polar surface area (TPSA) is 41.8 Å². The maximum atomic E-state index is 12.0. The minimum atomic E-state index is -4.64. The number of nitrogens with zero attached hydrogens (tertiary/aromatic N) is 2. The summed E-state index contributed by atoms with van der Waals surface area (Å²) < 4.78 is 35.9. The lowest BCUT2D eigenvalue weighted by atomic mass is 10.1. The van der Waals surface area contributed by atoms with Crippen molar-refractivity contribution in [3.05, 3.63) is 12.2 Å². The zero-order chi connectivity index (χ0) is 9.35. The largest absolute Gasteiger partial charge is 0.434 e. The molecule has 1 aliphatic rings. The molecule has 0 unspecified atom stereocenters. The molecule has 0 bridgehead atoms. The van der Waals surface area contributed by atoms with Gasteiger partial charge in [0.1, 0.15) is 6.34 Å². The van der Waals surface area contributed by atoms with E-state index in [9.17, 15) is 18.0 Å². The number of alkyl halides is 3. The van der Waals surface area contributed by atoms with Gasteiger partial charge < -0.3 is 0 Å². The Kier molecular flexibility index (Phi) is 1.83. The third-order valence-electron chi connectivity index (χ3n) is 1.17. The molecule has 0 aliphatic carbocycles. The van der Waals surface area contributed by atoms with E-state index in [0.29, 0.717) is 6.34 Å². The van der Waals surface area contributed by atoms with Crippen LogP contribution in [0.25, 0.3) is 0 Å². The van der Waals surface area contributed by atoms with Gasteiger partial charge in [0.25, 0.3) is 5.91 Å². The lowest BCUT2D eigenvalue weighted by molar-refractivity contribution is -0.114. The molecule has 1 amide bonds. The summed E-state index contributed by atoms with van der Waals surface area (Å²) in [6, 6.07) is 0. The van der Waals surface area contributed by atoms with Gasteiger partial charge in [-0.3, -0.25) is 4.79 Å². The number of amides is 1. The van der Waals surface area contributed by atoms with E-state index in [1.54, 1.807) is 0 Å². The molecule has 0 aromatic carbocycles. The van der Waals surface area contributed by atoms with Crippen LogP contribution in [0.5, 0.6) is 0 Å². The van der Waals surface area contributed by atoms with Crippen LogP contribution >= 0.6 is 0 Å². The fourth-order valence-corrected chi connectivity index (χ4v) is 0.640. The van der Waals surface area contributed by atoms with E-state index in [-0.39, 0.29) is 0 Å². The first-order valence-electron chi connectivity index (χ1n) is 2.84. The molecule has 1 aliphatic heterocycles. The number of aliphatic imine (C=N–C) groups is 2. The van der Waals surface area contributed by atoms with Crippen molar-refractivity contribution in [2.75, 3.05) is 0 Å². The lowest BCUT2D eigenvalue weighted by Gasteiger charge is -2.11. The number of hydrogen-bond acceptors (Lipinski definition) is 2. The third kappa shape index (κ3) is 1.41. The van der Waals surface area contributed by atoms with Gasteiger partial charge in [-0.1, -0.05) is 6.58 Å². The molecular formula is C6H3F3N2O. The van der Waals surface area contributed by atoms with Gasteiger partial charge in [0.15, 0.2) is 5.71 Å². The van der Waals surface area contributed by atoms with Crippen molar-refractivity contribution in [2.45, 2.75) is 6.18 Å². The van der Waals surface area contributed by atoms with Crippen molar-refractivity contribution in [1.82, 2.24) is 0 Å². The van der Waals surface area contributed by atoms with E-state index in [1.165, 1.54) is 0 Å². The van der Waals surface area contributed by atoms with Gasteiger partial charge in [-0.2, -0.15) is 18.2 Å². The van der Waals surface area contributed by atoms with Crippen molar-refractivity contribution in [2.24, 2.45) is 9.98 Å². The molecule has 0 N–H and O–H groups in total. The smallest absolute Gasteiger partial charge is 0.267 e. The van der Waals surface area contributed by atoms with Crippen molar-refractivity contribution >= 4 is 18.0 Å². The summed E-state index contributed by atoms with van der Waals surface area (Å²) in [6.07, 6.45) is -4.07. The van der Waals surface area contributed by atoms with Gasteiger partial charge >= 0.3 is 6.18 Å². The molecule has 64 valence electrons. The van der Waals surface area contributed by atoms with Crippen LogP contribution in [0.15, 0.2) is 22.1 Å². The van der Waals surface area contributed by atoms with Crippen LogP contribution in [0.2, 0.25) is 0 Å². The van der Waals surface area contributed by atoms with Gasteiger partial charge in [0.2, 0.25) is 0 Å². The molecule has 3 nitrogen and oxygen atoms in total. The highest BCUT2D eigenvalue weighted by molar-refractivity contribution is 6.27. The Morgan fingerprint density at radius 1 is 1.42 bits per heavy atom. The van der Waals surface area contributed by atoms with Gasteiger partial charge in [-0.15, -0.1) is 0 Å². The van der Waals surface area contributed by atoms with Crippen LogP contribution in [0.1, 0.15) is 0 Å². The first-order valence-corrected chi connectivity index (χ1v) is 2.84. The molecule has 0 saturated heterocycles. The molecule has 12 heavy (non-hydrogen) atoms. The van der Waals surface area contributed by atoms with Crippen LogP contribution in [-0.2, 0) is 4.79 Å². The second-order valence-electron chi connectivity index (χ2n) is 2.00. The van der Waals surface area contributed by atoms with Gasteiger partial charge in [-0.05, 0) is 0 Å². The highest BCUT2D eigenvalue weighted by Gasteiger charge is 2.40. The van der Waals surface area contributed by atoms with Gasteiger partial charge in [-0.25, -0.2) is 4.99 Å². The number of carbonyl (C=O) groups excluding carboxylic acids is 1. The Morgan fingerprint density at radius 2 is 2.00 bits per heavy atom. The molecule has 6 heteroatoms. The second-order valence-corrected chi connectivity index (χ2v) is 2.00. The average molecular weight is 176 g/mol. The quantitative estimate of drug-likeness (QED) is 0.510. The molecule has 0 radical (unpaired) electrons. The van der Waals surface area contributed by atoms with E-state index >= 15 is 0 Å². The Balaban J connectivity index is 3.07. The highest BCUT2D eigenvalue weighted by Crippen LogP contribution is 2.23. The highest BCUT2D eigenvalue weighted by atomic mass is 19.4. The zero-order valence-corrected chi connectivity index (χ0v) is 5.72. The third-order valence-corrected chi connectivity index (χ3v) is 1.17. The monoisotopic (exact) mass is 176 g/mol. The zero-order valence-electron chi connectivity index (χ0n) is 5.72. The Bertz CT molecular complexity index is 300. The Morgan fingerprint density at radius 3 is 2.42 bits per heavy atom. The fourth-order valence-electron chi connectivity index (χ4n) is 0.640. The number of carbonyl (C=O) groups is 1. The van der Waals surface area contributed by atoms with Gasteiger partial charge in [0, 0.05) is 0 Å². The van der Waals surface area contributed by atoms with Crippen LogP contribution in [0, 0.1) is 0 Å². The standard InChI is InChI=1S/C6H3F3N2O/c1-3-4(6(7,8)9)10-2-11-5(3)12/h2H,1H2. The van der Waals surface area contributed by atoms with E-state index < -0.39 is 23.4 Å². The fraction of sp³-hybridized carbons (Fsp3) is 0.167. The lowest BCUT2D eigenvalue weighted by Crippen LogP contribution is -2.29. The molecule has 0 saturated carbocycles. The summed E-state index contributed by atoms with van der Waals surface area (Å²) in [5, 5.41) is 0. The van der Waals surface area contributed by atoms with Crippen molar-refractivity contribution < 1.29 is 18.0 Å². The molecule has 0 atom stereocenters. The van der Waals surface area contributed by atoms with Crippen LogP contribution in [0.3, 0.4) is 0 Å². The minimum Gasteiger partial charge on any atom is -0.267 e. The molecule has 0 spiro atoms. The summed E-state index contributed by atoms with van der Waals surface area (Å²) in [4.78, 5) is 16.5. The molecule has 0 fully saturated rings. The predicted octanol–water partition coefficient (Wildman–Crippen LogP) is 1.11. The van der Waals surface area contributed by atoms with E-state index in [2.05, 4.69) is 16.6 Å². The summed E-state index contributed by atoms with van der Waals surface area (Å²) in [5.74, 6) is -1.00. The Hall–Kier alpha value is -1.46. The first kappa shape index (κ1) is 8.63. The number of rotatable bonds is 0. The normalized spacial score (nSPS) is 18.1. The minimum absolute atomic E-state index is 0.569. The average Bonchev–Trinajstić information content (AvgIpc) is 1.92. The van der Waals surface area contributed by atoms with E-state index in [0.717, 1.165) is 0 Å². The maximum Gasteiger partial charge on any atom is 0.434 e. The summed E-state index contributed by atoms with van der Waals surface area (Å²) >= 11 is 0. The van der Waals surface area contributed by atoms with E-state index in [4.69, 9.17) is 0 Å². The summed E-state index contributed by atoms with van der Waals surface area (Å²) in [5.41, 5.74) is -1.99. The molecular weight excluding hydrogens is 173 g/mol. The van der Waals surface area contributed by atoms with Crippen molar-refractivity contribution in [3.63, 3.8) is 0 Å². The Labute approximate surface area is 65.3 Å². The SMILES string of the molecule is C=C1C(=O)N=CN=C1C(F)(F)F. The molecule has 1 rings (SSSR count). The number of hydrogen-bond donors (Lipinski definition) is 0. The van der Waals surface area contributed by atoms with Crippen LogP contribution in [-0.4, -0.2) is 24.1 Å². The number of halogens is 3. The van der Waals surface area contributed by atoms with Crippen molar-refractivity contribution in [1.29, 1.82) is 0 Å². The van der Waals surface area contributed by atoms with Crippen LogP contribution < -0.4 is 0 Å². The first-order chi connectivity index (χ1) is 5.43. The molecule has 0 aromatic rings. The molecule has 1 heterocycles. The van der Waals surface area contributed by atoms with Crippen molar-refractivity contribution in [3.8, 4) is 0 Å². The summed E-state index contributed by atoms with van der Waals surface area (Å²) in [6.45, 7) is 2.93. The van der Waals surface area contributed by atoms with E-state index in [1.807, 2.05) is 0 Å². The van der Waals surface area contributed by atoms with Gasteiger partial charge in [0.05, 0.1) is 5.57 Å². The summed E-state index contributed by atoms with van der Waals surface area (Å²) in [7, 11) is 0. The van der Waals surface area contributed by atoms with Crippen LogP contribution in [0.4, 0.5) is 13.2 Å². The molecule has 0 aromatic heterocycles.